The van der Waals surface area contributed by atoms with Crippen molar-refractivity contribution in [3.63, 3.8) is 0 Å². The summed E-state index contributed by atoms with van der Waals surface area (Å²) < 4.78 is 19.1. The number of anilines is 1. The molecule has 0 saturated carbocycles. The number of nitrogens with zero attached hydrogens (tertiary/aromatic N) is 1. The highest BCUT2D eigenvalue weighted by atomic mass is 35.5. The first-order valence-electron chi connectivity index (χ1n) is 9.53. The van der Waals surface area contributed by atoms with Gasteiger partial charge in [-0.1, -0.05) is 29.8 Å². The van der Waals surface area contributed by atoms with Gasteiger partial charge in [-0.25, -0.2) is 9.37 Å². The van der Waals surface area contributed by atoms with Crippen molar-refractivity contribution in [1.82, 2.24) is 4.98 Å². The number of rotatable bonds is 6. The van der Waals surface area contributed by atoms with Crippen molar-refractivity contribution >= 4 is 46.3 Å². The number of fused-ring (bicyclic) bond motifs is 1. The first kappa shape index (κ1) is 21.3. The van der Waals surface area contributed by atoms with Gasteiger partial charge in [0.2, 0.25) is 11.8 Å². The molecular formula is C24H16ClFN2O4. The lowest BCUT2D eigenvalue weighted by Crippen LogP contribution is -2.08. The summed E-state index contributed by atoms with van der Waals surface area (Å²) >= 11 is 5.95. The van der Waals surface area contributed by atoms with E-state index in [1.54, 1.807) is 48.5 Å². The van der Waals surface area contributed by atoms with Crippen molar-refractivity contribution in [3.8, 4) is 11.5 Å². The highest BCUT2D eigenvalue weighted by Crippen LogP contribution is 2.26. The molecule has 160 valence electrons. The van der Waals surface area contributed by atoms with Gasteiger partial charge in [0.25, 0.3) is 0 Å². The zero-order chi connectivity index (χ0) is 22.7. The topological polar surface area (TPSA) is 92.4 Å². The maximum absolute atomic E-state index is 13.3. The molecule has 0 aliphatic rings. The van der Waals surface area contributed by atoms with Crippen LogP contribution in [-0.4, -0.2) is 22.0 Å². The fourth-order valence-corrected chi connectivity index (χ4v) is 3.22. The molecule has 1 heterocycles. The Morgan fingerprint density at radius 2 is 1.88 bits per heavy atom. The van der Waals surface area contributed by atoms with E-state index in [-0.39, 0.29) is 17.1 Å². The van der Waals surface area contributed by atoms with Crippen LogP contribution < -0.4 is 5.32 Å². The van der Waals surface area contributed by atoms with Crippen LogP contribution in [-0.2, 0) is 16.0 Å². The summed E-state index contributed by atoms with van der Waals surface area (Å²) in [5.74, 6) is -1.45. The molecule has 0 bridgehead atoms. The van der Waals surface area contributed by atoms with E-state index >= 15 is 0 Å². The predicted octanol–water partition coefficient (Wildman–Crippen LogP) is 5.57. The number of carboxylic acid groups (broad SMARTS) is 1. The summed E-state index contributed by atoms with van der Waals surface area (Å²) in [6.07, 6.45) is 2.84. The second-order valence-corrected chi connectivity index (χ2v) is 7.37. The van der Waals surface area contributed by atoms with Crippen LogP contribution in [0.1, 0.15) is 11.1 Å². The van der Waals surface area contributed by atoms with Crippen molar-refractivity contribution in [2.75, 3.05) is 5.32 Å². The van der Waals surface area contributed by atoms with E-state index in [1.807, 2.05) is 0 Å². The number of carbonyl (C=O) groups excluding carboxylic acids is 1. The van der Waals surface area contributed by atoms with Crippen LogP contribution in [0, 0.1) is 5.82 Å². The second-order valence-electron chi connectivity index (χ2n) is 6.96. The summed E-state index contributed by atoms with van der Waals surface area (Å²) in [4.78, 5) is 27.4. The summed E-state index contributed by atoms with van der Waals surface area (Å²) in [6, 6.07) is 16.0. The number of halogens is 2. The van der Waals surface area contributed by atoms with Crippen LogP contribution in [0.3, 0.4) is 0 Å². The molecule has 1 amide bonds. The zero-order valence-electron chi connectivity index (χ0n) is 16.5. The van der Waals surface area contributed by atoms with Crippen LogP contribution >= 0.6 is 11.6 Å². The van der Waals surface area contributed by atoms with E-state index in [2.05, 4.69) is 10.3 Å². The number of amides is 1. The number of nitrogens with one attached hydrogen (secondary N) is 1. The monoisotopic (exact) mass is 450 g/mol. The average Bonchev–Trinajstić information content (AvgIpc) is 3.18. The molecule has 1 aromatic heterocycles. The van der Waals surface area contributed by atoms with Gasteiger partial charge in [-0.05, 0) is 59.7 Å². The van der Waals surface area contributed by atoms with Crippen LogP contribution in [0.4, 0.5) is 10.1 Å². The van der Waals surface area contributed by atoms with Gasteiger partial charge in [0.15, 0.2) is 5.58 Å². The van der Waals surface area contributed by atoms with Crippen LogP contribution in [0.2, 0.25) is 5.02 Å². The molecule has 0 aliphatic heterocycles. The third-order valence-corrected chi connectivity index (χ3v) is 4.91. The molecule has 0 saturated heterocycles. The molecule has 8 heteroatoms. The molecule has 0 spiro atoms. The van der Waals surface area contributed by atoms with Crippen molar-refractivity contribution < 1.29 is 23.5 Å². The summed E-state index contributed by atoms with van der Waals surface area (Å²) in [5.41, 5.74) is 3.46. The number of carbonyl (C=O) groups is 2. The second kappa shape index (κ2) is 9.03. The predicted molar refractivity (Wildman–Crippen MR) is 120 cm³/mol. The lowest BCUT2D eigenvalue weighted by Gasteiger charge is -2.04. The number of oxazole rings is 1. The maximum atomic E-state index is 13.3. The highest BCUT2D eigenvalue weighted by molar-refractivity contribution is 6.33. The fraction of sp³-hybridized carbons (Fsp3) is 0.0417. The molecular weight excluding hydrogens is 435 g/mol. The van der Waals surface area contributed by atoms with Gasteiger partial charge in [0.1, 0.15) is 11.3 Å². The number of benzene rings is 3. The Bertz CT molecular complexity index is 1350. The van der Waals surface area contributed by atoms with E-state index in [0.717, 1.165) is 17.2 Å². The van der Waals surface area contributed by atoms with Gasteiger partial charge in [-0.2, -0.15) is 0 Å². The average molecular weight is 451 g/mol. The van der Waals surface area contributed by atoms with Gasteiger partial charge in [0.05, 0.1) is 17.1 Å². The Labute approximate surface area is 187 Å². The number of hydrogen-bond acceptors (Lipinski definition) is 4. The van der Waals surface area contributed by atoms with Gasteiger partial charge < -0.3 is 14.8 Å². The van der Waals surface area contributed by atoms with E-state index < -0.39 is 17.7 Å². The normalized spacial score (nSPS) is 11.2. The summed E-state index contributed by atoms with van der Waals surface area (Å²) in [6.45, 7) is 0. The first-order valence-corrected chi connectivity index (χ1v) is 9.91. The van der Waals surface area contributed by atoms with Crippen LogP contribution in [0.15, 0.2) is 71.2 Å². The molecule has 0 atom stereocenters. The Balaban J connectivity index is 1.46. The molecule has 0 fully saturated rings. The minimum atomic E-state index is -0.913. The summed E-state index contributed by atoms with van der Waals surface area (Å²) in [5, 5.41) is 11.7. The Hall–Kier alpha value is -3.97. The number of carboxylic acids is 1. The van der Waals surface area contributed by atoms with E-state index in [4.69, 9.17) is 21.1 Å². The van der Waals surface area contributed by atoms with Gasteiger partial charge in [-0.3, -0.25) is 9.59 Å². The Morgan fingerprint density at radius 1 is 1.09 bits per heavy atom. The van der Waals surface area contributed by atoms with Gasteiger partial charge in [0, 0.05) is 11.6 Å². The Kier molecular flexibility index (Phi) is 6.00. The van der Waals surface area contributed by atoms with Crippen molar-refractivity contribution in [2.45, 2.75) is 6.42 Å². The third kappa shape index (κ3) is 5.01. The largest absolute Gasteiger partial charge is 0.481 e. The molecule has 2 N–H and O–H groups in total. The van der Waals surface area contributed by atoms with E-state index in [0.29, 0.717) is 22.6 Å². The molecule has 0 aliphatic carbocycles. The SMILES string of the molecule is O=C(O)Cc1ccc2oc(-c3ccc(C=CC(=O)Nc4cc(F)ccc4Cl)cc3)nc2c1. The molecule has 4 rings (SSSR count). The molecule has 6 nitrogen and oxygen atoms in total. The minimum absolute atomic E-state index is 0.0852. The first-order chi connectivity index (χ1) is 15.4. The lowest BCUT2D eigenvalue weighted by atomic mass is 10.1. The van der Waals surface area contributed by atoms with E-state index in [1.165, 1.54) is 18.2 Å². The number of aromatic nitrogens is 1. The third-order valence-electron chi connectivity index (χ3n) is 4.58. The molecule has 4 aromatic rings. The smallest absolute Gasteiger partial charge is 0.307 e. The Morgan fingerprint density at radius 3 is 2.62 bits per heavy atom. The number of hydrogen-bond donors (Lipinski definition) is 2. The van der Waals surface area contributed by atoms with Crippen molar-refractivity contribution in [1.29, 1.82) is 0 Å². The minimum Gasteiger partial charge on any atom is -0.481 e. The highest BCUT2D eigenvalue weighted by Gasteiger charge is 2.10. The van der Waals surface area contributed by atoms with Gasteiger partial charge in [-0.15, -0.1) is 0 Å². The van der Waals surface area contributed by atoms with Gasteiger partial charge >= 0.3 is 5.97 Å². The summed E-state index contributed by atoms with van der Waals surface area (Å²) in [7, 11) is 0. The number of aliphatic carboxylic acids is 1. The van der Waals surface area contributed by atoms with Crippen LogP contribution in [0.5, 0.6) is 0 Å². The lowest BCUT2D eigenvalue weighted by molar-refractivity contribution is -0.136. The molecule has 0 unspecified atom stereocenters. The molecule has 3 aromatic carbocycles. The standard InChI is InChI=1S/C24H16ClFN2O4/c25-18-8-7-17(26)13-19(18)27-22(29)10-4-14-1-5-16(6-2-14)24-28-20-11-15(12-23(30)31)3-9-21(20)32-24/h1-11,13H,12H2,(H,27,29)(H,30,31). The fourth-order valence-electron chi connectivity index (χ4n) is 3.06. The van der Waals surface area contributed by atoms with Crippen LogP contribution in [0.25, 0.3) is 28.6 Å². The van der Waals surface area contributed by atoms with Crippen molar-refractivity contribution in [3.05, 3.63) is 88.7 Å². The zero-order valence-corrected chi connectivity index (χ0v) is 17.3. The van der Waals surface area contributed by atoms with E-state index in [9.17, 15) is 14.0 Å². The quantitative estimate of drug-likeness (QED) is 0.375. The molecule has 0 radical (unpaired) electrons. The maximum Gasteiger partial charge on any atom is 0.307 e. The van der Waals surface area contributed by atoms with Crippen molar-refractivity contribution in [2.24, 2.45) is 0 Å². The molecule has 32 heavy (non-hydrogen) atoms.